The number of halogens is 2. The number of nitrogens with zero attached hydrogens (tertiary/aromatic N) is 2. The van der Waals surface area contributed by atoms with Crippen LogP contribution in [0.1, 0.15) is 5.56 Å². The Hall–Kier alpha value is -1.40. The average molecular weight is 347 g/mol. The van der Waals surface area contributed by atoms with Gasteiger partial charge in [0, 0.05) is 0 Å². The number of aromatic nitrogens is 2. The summed E-state index contributed by atoms with van der Waals surface area (Å²) in [7, 11) is 3.11. The number of hydrogen-bond donors (Lipinski definition) is 1. The minimum absolute atomic E-state index is 0.455. The molecule has 0 aliphatic carbocycles. The van der Waals surface area contributed by atoms with Crippen LogP contribution in [0.15, 0.2) is 22.8 Å². The molecular formula is C12H13BrClN3O2. The van der Waals surface area contributed by atoms with E-state index in [2.05, 4.69) is 21.0 Å². The molecule has 0 spiro atoms. The standard InChI is InChI=1S/C12H13BrClN3O2/c1-18-9-4-3-7(10(14)11(9)19-2)6-17-12(15)8(13)5-16-17/h3-5H,6,15H2,1-2H3. The molecule has 1 aromatic carbocycles. The summed E-state index contributed by atoms with van der Waals surface area (Å²) in [4.78, 5) is 0. The van der Waals surface area contributed by atoms with Gasteiger partial charge in [0.2, 0.25) is 0 Å². The van der Waals surface area contributed by atoms with Gasteiger partial charge in [0.15, 0.2) is 11.5 Å². The van der Waals surface area contributed by atoms with Gasteiger partial charge >= 0.3 is 0 Å². The van der Waals surface area contributed by atoms with Crippen molar-refractivity contribution in [2.24, 2.45) is 0 Å². The number of anilines is 1. The summed E-state index contributed by atoms with van der Waals surface area (Å²) in [6.45, 7) is 0.455. The van der Waals surface area contributed by atoms with Gasteiger partial charge in [-0.15, -0.1) is 0 Å². The van der Waals surface area contributed by atoms with E-state index in [4.69, 9.17) is 26.8 Å². The summed E-state index contributed by atoms with van der Waals surface area (Å²) in [5.74, 6) is 1.64. The molecule has 2 rings (SSSR count). The summed E-state index contributed by atoms with van der Waals surface area (Å²) in [5.41, 5.74) is 6.73. The summed E-state index contributed by atoms with van der Waals surface area (Å²) in [6, 6.07) is 3.66. The van der Waals surface area contributed by atoms with Gasteiger partial charge < -0.3 is 15.2 Å². The van der Waals surface area contributed by atoms with E-state index in [0.717, 1.165) is 10.0 Å². The number of nitrogen functional groups attached to an aromatic ring is 1. The molecule has 102 valence electrons. The highest BCUT2D eigenvalue weighted by Gasteiger charge is 2.14. The lowest BCUT2D eigenvalue weighted by Crippen LogP contribution is -2.07. The molecule has 0 unspecified atom stereocenters. The summed E-state index contributed by atoms with van der Waals surface area (Å²) < 4.78 is 12.8. The lowest BCUT2D eigenvalue weighted by Gasteiger charge is -2.13. The van der Waals surface area contributed by atoms with Crippen LogP contribution in [0.25, 0.3) is 0 Å². The van der Waals surface area contributed by atoms with Crippen molar-refractivity contribution in [3.05, 3.63) is 33.4 Å². The van der Waals surface area contributed by atoms with Gasteiger partial charge in [0.25, 0.3) is 0 Å². The molecule has 0 atom stereocenters. The lowest BCUT2D eigenvalue weighted by molar-refractivity contribution is 0.354. The van der Waals surface area contributed by atoms with E-state index in [9.17, 15) is 0 Å². The first kappa shape index (κ1) is 14.0. The number of hydrogen-bond acceptors (Lipinski definition) is 4. The highest BCUT2D eigenvalue weighted by atomic mass is 79.9. The number of rotatable bonds is 4. The largest absolute Gasteiger partial charge is 0.493 e. The van der Waals surface area contributed by atoms with Crippen LogP contribution in [0.3, 0.4) is 0 Å². The third-order valence-electron chi connectivity index (χ3n) is 2.72. The third kappa shape index (κ3) is 2.64. The predicted octanol–water partition coefficient (Wildman–Crippen LogP) is 2.95. The normalized spacial score (nSPS) is 10.5. The first-order chi connectivity index (χ1) is 9.08. The highest BCUT2D eigenvalue weighted by molar-refractivity contribution is 9.10. The zero-order valence-electron chi connectivity index (χ0n) is 10.5. The van der Waals surface area contributed by atoms with Crippen LogP contribution in [-0.4, -0.2) is 24.0 Å². The van der Waals surface area contributed by atoms with Crippen LogP contribution >= 0.6 is 27.5 Å². The van der Waals surface area contributed by atoms with Gasteiger partial charge in [-0.3, -0.25) is 0 Å². The smallest absolute Gasteiger partial charge is 0.179 e. The molecule has 1 heterocycles. The molecule has 0 aliphatic rings. The first-order valence-electron chi connectivity index (χ1n) is 5.44. The van der Waals surface area contributed by atoms with Gasteiger partial charge in [-0.05, 0) is 27.6 Å². The van der Waals surface area contributed by atoms with Gasteiger partial charge in [0.05, 0.1) is 36.5 Å². The molecule has 7 heteroatoms. The van der Waals surface area contributed by atoms with Crippen LogP contribution in [0.4, 0.5) is 5.82 Å². The third-order valence-corrected chi connectivity index (χ3v) is 3.74. The Labute approximate surface area is 124 Å². The Morgan fingerprint density at radius 2 is 2.11 bits per heavy atom. The van der Waals surface area contributed by atoms with Crippen LogP contribution in [-0.2, 0) is 6.54 Å². The van der Waals surface area contributed by atoms with E-state index in [-0.39, 0.29) is 0 Å². The Kier molecular flexibility index (Phi) is 4.21. The van der Waals surface area contributed by atoms with Crippen molar-refractivity contribution in [3.63, 3.8) is 0 Å². The molecule has 19 heavy (non-hydrogen) atoms. The minimum atomic E-state index is 0.455. The van der Waals surface area contributed by atoms with E-state index in [0.29, 0.717) is 28.9 Å². The number of benzene rings is 1. The van der Waals surface area contributed by atoms with Gasteiger partial charge in [0.1, 0.15) is 5.82 Å². The fourth-order valence-corrected chi connectivity index (χ4v) is 2.30. The van der Waals surface area contributed by atoms with Crippen LogP contribution < -0.4 is 15.2 Å². The SMILES string of the molecule is COc1ccc(Cn2ncc(Br)c2N)c(Cl)c1OC. The number of nitrogens with two attached hydrogens (primary N) is 1. The van der Waals surface area contributed by atoms with Crippen molar-refractivity contribution in [3.8, 4) is 11.5 Å². The lowest BCUT2D eigenvalue weighted by atomic mass is 10.2. The monoisotopic (exact) mass is 345 g/mol. The molecule has 0 saturated heterocycles. The van der Waals surface area contributed by atoms with E-state index in [1.807, 2.05) is 6.07 Å². The number of methoxy groups -OCH3 is 2. The zero-order chi connectivity index (χ0) is 14.0. The first-order valence-corrected chi connectivity index (χ1v) is 6.61. The van der Waals surface area contributed by atoms with Crippen LogP contribution in [0.2, 0.25) is 5.02 Å². The van der Waals surface area contributed by atoms with Crippen molar-refractivity contribution in [2.45, 2.75) is 6.54 Å². The molecule has 0 bridgehead atoms. The molecule has 2 aromatic rings. The summed E-state index contributed by atoms with van der Waals surface area (Å²) in [6.07, 6.45) is 1.64. The van der Waals surface area contributed by atoms with Crippen molar-refractivity contribution < 1.29 is 9.47 Å². The fourth-order valence-electron chi connectivity index (χ4n) is 1.71. The molecule has 0 fully saturated rings. The second-order valence-corrected chi connectivity index (χ2v) is 5.04. The Morgan fingerprint density at radius 1 is 1.37 bits per heavy atom. The van der Waals surface area contributed by atoms with Crippen molar-refractivity contribution in [1.82, 2.24) is 9.78 Å². The topological polar surface area (TPSA) is 62.3 Å². The van der Waals surface area contributed by atoms with Crippen molar-refractivity contribution in [2.75, 3.05) is 20.0 Å². The van der Waals surface area contributed by atoms with Gasteiger partial charge in [-0.1, -0.05) is 17.7 Å². The Balaban J connectivity index is 2.38. The predicted molar refractivity (Wildman–Crippen MR) is 78.0 cm³/mol. The summed E-state index contributed by atoms with van der Waals surface area (Å²) >= 11 is 9.62. The molecule has 2 N–H and O–H groups in total. The maximum absolute atomic E-state index is 6.30. The second-order valence-electron chi connectivity index (χ2n) is 3.81. The van der Waals surface area contributed by atoms with Crippen LogP contribution in [0, 0.1) is 0 Å². The molecule has 0 amide bonds. The van der Waals surface area contributed by atoms with Crippen LogP contribution in [0.5, 0.6) is 11.5 Å². The van der Waals surface area contributed by atoms with E-state index in [1.54, 1.807) is 31.2 Å². The molecule has 5 nitrogen and oxygen atoms in total. The van der Waals surface area contributed by atoms with E-state index < -0.39 is 0 Å². The maximum atomic E-state index is 6.30. The number of ether oxygens (including phenoxy) is 2. The molecule has 0 radical (unpaired) electrons. The van der Waals surface area contributed by atoms with Crippen molar-refractivity contribution >= 4 is 33.3 Å². The Morgan fingerprint density at radius 3 is 2.63 bits per heavy atom. The quantitative estimate of drug-likeness (QED) is 0.924. The average Bonchev–Trinajstić information content (AvgIpc) is 2.72. The zero-order valence-corrected chi connectivity index (χ0v) is 12.8. The van der Waals surface area contributed by atoms with E-state index >= 15 is 0 Å². The Bertz CT molecular complexity index is 601. The van der Waals surface area contributed by atoms with Crippen molar-refractivity contribution in [1.29, 1.82) is 0 Å². The molecule has 1 aromatic heterocycles. The maximum Gasteiger partial charge on any atom is 0.179 e. The molecular weight excluding hydrogens is 334 g/mol. The fraction of sp³-hybridized carbons (Fsp3) is 0.250. The van der Waals surface area contributed by atoms with Gasteiger partial charge in [-0.25, -0.2) is 4.68 Å². The minimum Gasteiger partial charge on any atom is -0.493 e. The van der Waals surface area contributed by atoms with Gasteiger partial charge in [-0.2, -0.15) is 5.10 Å². The molecule has 0 aliphatic heterocycles. The van der Waals surface area contributed by atoms with E-state index in [1.165, 1.54) is 0 Å². The molecule has 0 saturated carbocycles. The second kappa shape index (κ2) is 5.71. The highest BCUT2D eigenvalue weighted by Crippen LogP contribution is 2.37. The summed E-state index contributed by atoms with van der Waals surface area (Å²) in [5, 5.41) is 4.66.